The van der Waals surface area contributed by atoms with Crippen LogP contribution in [0.1, 0.15) is 24.8 Å². The van der Waals surface area contributed by atoms with Gasteiger partial charge < -0.3 is 5.73 Å². The molecular formula is C13H16ClN3. The van der Waals surface area contributed by atoms with E-state index in [4.69, 9.17) is 17.3 Å². The van der Waals surface area contributed by atoms with Crippen molar-refractivity contribution in [1.82, 2.24) is 9.78 Å². The van der Waals surface area contributed by atoms with Crippen LogP contribution in [0.3, 0.4) is 0 Å². The zero-order chi connectivity index (χ0) is 12.0. The molecule has 1 aromatic carbocycles. The normalized spacial score (nSPS) is 18.3. The molecule has 1 fully saturated rings. The molecule has 1 saturated carbocycles. The highest BCUT2D eigenvalue weighted by atomic mass is 35.5. The van der Waals surface area contributed by atoms with E-state index in [-0.39, 0.29) is 5.41 Å². The summed E-state index contributed by atoms with van der Waals surface area (Å²) in [5.41, 5.74) is 8.51. The summed E-state index contributed by atoms with van der Waals surface area (Å²) in [7, 11) is 1.91. The highest BCUT2D eigenvalue weighted by molar-refractivity contribution is 6.34. The van der Waals surface area contributed by atoms with Crippen molar-refractivity contribution in [3.05, 3.63) is 28.9 Å². The third kappa shape index (κ3) is 1.49. The van der Waals surface area contributed by atoms with Gasteiger partial charge in [0.25, 0.3) is 0 Å². The molecule has 2 N–H and O–H groups in total. The predicted molar refractivity (Wildman–Crippen MR) is 70.3 cm³/mol. The van der Waals surface area contributed by atoms with Crippen molar-refractivity contribution in [2.75, 3.05) is 6.54 Å². The number of hydrogen-bond donors (Lipinski definition) is 1. The number of aryl methyl sites for hydroxylation is 1. The second kappa shape index (κ2) is 3.72. The smallest absolute Gasteiger partial charge is 0.158 e. The Morgan fingerprint density at radius 1 is 1.47 bits per heavy atom. The Balaban J connectivity index is 2.16. The molecule has 3 nitrogen and oxygen atoms in total. The lowest BCUT2D eigenvalue weighted by Gasteiger charge is -2.41. The van der Waals surface area contributed by atoms with Crippen LogP contribution >= 0.6 is 11.6 Å². The molecule has 3 rings (SSSR count). The minimum absolute atomic E-state index is 0.188. The number of benzene rings is 1. The Labute approximate surface area is 106 Å². The van der Waals surface area contributed by atoms with Crippen molar-refractivity contribution in [1.29, 1.82) is 0 Å². The first-order valence-electron chi connectivity index (χ1n) is 5.99. The minimum atomic E-state index is 0.188. The highest BCUT2D eigenvalue weighted by Crippen LogP contribution is 2.43. The molecule has 4 heteroatoms. The zero-order valence-corrected chi connectivity index (χ0v) is 10.7. The number of nitrogens with zero attached hydrogens (tertiary/aromatic N) is 2. The molecule has 1 aliphatic carbocycles. The standard InChI is InChI=1S/C13H16ClN3/c1-17-11-4-3-9(7-10(11)12(14)16-17)13(8-15)5-2-6-13/h3-4,7H,2,5-6,8,15H2,1H3. The van der Waals surface area contributed by atoms with Crippen molar-refractivity contribution in [3.8, 4) is 0 Å². The van der Waals surface area contributed by atoms with Gasteiger partial charge in [-0.1, -0.05) is 24.1 Å². The maximum Gasteiger partial charge on any atom is 0.158 e. The molecule has 0 amide bonds. The number of aromatic nitrogens is 2. The van der Waals surface area contributed by atoms with Crippen LogP contribution in [0, 0.1) is 0 Å². The lowest BCUT2D eigenvalue weighted by Crippen LogP contribution is -2.41. The molecule has 0 aliphatic heterocycles. The second-order valence-corrected chi connectivity index (χ2v) is 5.34. The van der Waals surface area contributed by atoms with Crippen LogP contribution in [0.5, 0.6) is 0 Å². The molecule has 1 heterocycles. The van der Waals surface area contributed by atoms with Crippen molar-refractivity contribution >= 4 is 22.5 Å². The number of halogens is 1. The number of fused-ring (bicyclic) bond motifs is 1. The second-order valence-electron chi connectivity index (χ2n) is 4.98. The quantitative estimate of drug-likeness (QED) is 0.889. The van der Waals surface area contributed by atoms with E-state index in [1.54, 1.807) is 0 Å². The third-order valence-corrected chi connectivity index (χ3v) is 4.40. The van der Waals surface area contributed by atoms with E-state index in [0.29, 0.717) is 5.15 Å². The van der Waals surface area contributed by atoms with Crippen LogP contribution in [0.4, 0.5) is 0 Å². The third-order valence-electron chi connectivity index (χ3n) is 4.12. The summed E-state index contributed by atoms with van der Waals surface area (Å²) >= 11 is 6.14. The highest BCUT2D eigenvalue weighted by Gasteiger charge is 2.37. The van der Waals surface area contributed by atoms with Crippen LogP contribution in [0.15, 0.2) is 18.2 Å². The fourth-order valence-electron chi connectivity index (χ4n) is 2.77. The first-order chi connectivity index (χ1) is 8.16. The lowest BCUT2D eigenvalue weighted by molar-refractivity contribution is 0.253. The molecule has 1 aromatic heterocycles. The van der Waals surface area contributed by atoms with Crippen molar-refractivity contribution in [3.63, 3.8) is 0 Å². The van der Waals surface area contributed by atoms with Crippen molar-refractivity contribution in [2.45, 2.75) is 24.7 Å². The number of rotatable bonds is 2. The summed E-state index contributed by atoms with van der Waals surface area (Å²) in [6.45, 7) is 0.719. The summed E-state index contributed by atoms with van der Waals surface area (Å²) in [6.07, 6.45) is 3.65. The molecule has 0 saturated heterocycles. The summed E-state index contributed by atoms with van der Waals surface area (Å²) in [5.74, 6) is 0. The Morgan fingerprint density at radius 3 is 2.82 bits per heavy atom. The fraction of sp³-hybridized carbons (Fsp3) is 0.462. The van der Waals surface area contributed by atoms with Crippen LogP contribution in [0.25, 0.3) is 10.9 Å². The molecule has 0 spiro atoms. The van der Waals surface area contributed by atoms with E-state index >= 15 is 0 Å². The zero-order valence-electron chi connectivity index (χ0n) is 9.91. The monoisotopic (exact) mass is 249 g/mol. The van der Waals surface area contributed by atoms with Crippen LogP contribution < -0.4 is 5.73 Å². The number of nitrogens with two attached hydrogens (primary N) is 1. The Kier molecular flexibility index (Phi) is 2.42. The predicted octanol–water partition coefficient (Wildman–Crippen LogP) is 2.61. The van der Waals surface area contributed by atoms with Crippen molar-refractivity contribution < 1.29 is 0 Å². The van der Waals surface area contributed by atoms with Gasteiger partial charge in [0, 0.05) is 24.4 Å². The van der Waals surface area contributed by atoms with E-state index in [1.807, 2.05) is 11.7 Å². The topological polar surface area (TPSA) is 43.8 Å². The average molecular weight is 250 g/mol. The van der Waals surface area contributed by atoms with E-state index in [0.717, 1.165) is 17.4 Å². The summed E-state index contributed by atoms with van der Waals surface area (Å²) in [4.78, 5) is 0. The molecule has 0 radical (unpaired) electrons. The van der Waals surface area contributed by atoms with Gasteiger partial charge >= 0.3 is 0 Å². The largest absolute Gasteiger partial charge is 0.330 e. The lowest BCUT2D eigenvalue weighted by atomic mass is 9.64. The van der Waals surface area contributed by atoms with Crippen LogP contribution in [-0.2, 0) is 12.5 Å². The summed E-state index contributed by atoms with van der Waals surface area (Å²) in [5, 5.41) is 5.85. The van der Waals surface area contributed by atoms with Gasteiger partial charge in [-0.2, -0.15) is 5.10 Å². The summed E-state index contributed by atoms with van der Waals surface area (Å²) in [6, 6.07) is 6.43. The van der Waals surface area contributed by atoms with Gasteiger partial charge in [0.15, 0.2) is 5.15 Å². The van der Waals surface area contributed by atoms with Gasteiger partial charge in [0.1, 0.15) is 0 Å². The number of hydrogen-bond acceptors (Lipinski definition) is 2. The van der Waals surface area contributed by atoms with Gasteiger partial charge in [0.05, 0.1) is 5.52 Å². The molecule has 90 valence electrons. The Morgan fingerprint density at radius 2 is 2.24 bits per heavy atom. The SMILES string of the molecule is Cn1nc(Cl)c2cc(C3(CN)CCC3)ccc21. The minimum Gasteiger partial charge on any atom is -0.330 e. The molecule has 0 unspecified atom stereocenters. The van der Waals surface area contributed by atoms with E-state index in [1.165, 1.54) is 24.8 Å². The van der Waals surface area contributed by atoms with Gasteiger partial charge in [0.2, 0.25) is 0 Å². The molecule has 17 heavy (non-hydrogen) atoms. The fourth-order valence-corrected chi connectivity index (χ4v) is 3.03. The summed E-state index contributed by atoms with van der Waals surface area (Å²) < 4.78 is 1.82. The molecule has 0 atom stereocenters. The van der Waals surface area contributed by atoms with E-state index in [9.17, 15) is 0 Å². The van der Waals surface area contributed by atoms with Crippen LogP contribution in [-0.4, -0.2) is 16.3 Å². The van der Waals surface area contributed by atoms with E-state index in [2.05, 4.69) is 23.3 Å². The van der Waals surface area contributed by atoms with Gasteiger partial charge in [-0.25, -0.2) is 0 Å². The first kappa shape index (κ1) is 11.1. The van der Waals surface area contributed by atoms with Gasteiger partial charge in [-0.3, -0.25) is 4.68 Å². The van der Waals surface area contributed by atoms with Gasteiger partial charge in [-0.05, 0) is 30.5 Å². The van der Waals surface area contributed by atoms with Gasteiger partial charge in [-0.15, -0.1) is 0 Å². The molecule has 0 bridgehead atoms. The van der Waals surface area contributed by atoms with Crippen LogP contribution in [0.2, 0.25) is 5.15 Å². The molecule has 2 aromatic rings. The van der Waals surface area contributed by atoms with Crippen molar-refractivity contribution in [2.24, 2.45) is 12.8 Å². The maximum absolute atomic E-state index is 6.14. The maximum atomic E-state index is 6.14. The Bertz CT molecular complexity index is 564. The average Bonchev–Trinajstić information content (AvgIpc) is 2.54. The van der Waals surface area contributed by atoms with E-state index < -0.39 is 0 Å². The Hall–Kier alpha value is -1.06. The molecular weight excluding hydrogens is 234 g/mol. The first-order valence-corrected chi connectivity index (χ1v) is 6.37. The molecule has 1 aliphatic rings.